The molecule has 1 amide bonds. The number of ether oxygens (including phenoxy) is 1. The average molecular weight is 558 g/mol. The highest BCUT2D eigenvalue weighted by molar-refractivity contribution is 5.83. The fourth-order valence-corrected chi connectivity index (χ4v) is 5.75. The van der Waals surface area contributed by atoms with Gasteiger partial charge in [0.15, 0.2) is 11.8 Å². The topological polar surface area (TPSA) is 96.2 Å². The molecule has 6 rings (SSSR count). The largest absolute Gasteiger partial charge is 0.453 e. The third kappa shape index (κ3) is 5.44. The molecule has 0 saturated carbocycles. The summed E-state index contributed by atoms with van der Waals surface area (Å²) >= 11 is 0. The highest BCUT2D eigenvalue weighted by Crippen LogP contribution is 2.35. The summed E-state index contributed by atoms with van der Waals surface area (Å²) in [5.41, 5.74) is 3.18. The molecule has 3 aromatic heterocycles. The van der Waals surface area contributed by atoms with Crippen molar-refractivity contribution in [1.82, 2.24) is 24.5 Å². The predicted molar refractivity (Wildman–Crippen MR) is 152 cm³/mol. The summed E-state index contributed by atoms with van der Waals surface area (Å²) < 4.78 is 20.8. The van der Waals surface area contributed by atoms with E-state index in [9.17, 15) is 14.0 Å². The Hall–Kier alpha value is -4.54. The number of hydrogen-bond acceptors (Lipinski definition) is 8. The zero-order valence-corrected chi connectivity index (χ0v) is 23.1. The van der Waals surface area contributed by atoms with Crippen LogP contribution in [-0.2, 0) is 14.3 Å². The first-order chi connectivity index (χ1) is 19.9. The molecular weight excluding hydrogens is 525 g/mol. The quantitative estimate of drug-likeness (QED) is 0.330. The molecule has 1 aromatic carbocycles. The highest BCUT2D eigenvalue weighted by atomic mass is 19.1. The number of imidazole rings is 1. The van der Waals surface area contributed by atoms with Crippen LogP contribution in [0.4, 0.5) is 16.0 Å². The molecule has 41 heavy (non-hydrogen) atoms. The van der Waals surface area contributed by atoms with Crippen molar-refractivity contribution in [3.05, 3.63) is 72.2 Å². The van der Waals surface area contributed by atoms with Crippen molar-refractivity contribution in [3.63, 3.8) is 0 Å². The summed E-state index contributed by atoms with van der Waals surface area (Å²) in [5, 5.41) is 4.95. The molecule has 11 heteroatoms. The number of pyridine rings is 1. The fourth-order valence-electron chi connectivity index (χ4n) is 5.75. The zero-order valence-electron chi connectivity index (χ0n) is 23.1. The third-order valence-corrected chi connectivity index (χ3v) is 7.73. The van der Waals surface area contributed by atoms with Crippen LogP contribution in [0.5, 0.6) is 0 Å². The van der Waals surface area contributed by atoms with Crippen LogP contribution in [-0.4, -0.2) is 75.2 Å². The van der Waals surface area contributed by atoms with Gasteiger partial charge in [-0.15, -0.1) is 5.10 Å². The van der Waals surface area contributed by atoms with E-state index >= 15 is 0 Å². The average Bonchev–Trinajstić information content (AvgIpc) is 3.64. The van der Waals surface area contributed by atoms with Crippen LogP contribution in [0.2, 0.25) is 0 Å². The molecule has 10 nitrogen and oxygen atoms in total. The van der Waals surface area contributed by atoms with Gasteiger partial charge in [0.25, 0.3) is 5.91 Å². The van der Waals surface area contributed by atoms with Gasteiger partial charge in [-0.1, -0.05) is 18.2 Å². The van der Waals surface area contributed by atoms with E-state index in [1.165, 1.54) is 13.0 Å². The molecule has 4 aromatic rings. The molecule has 0 radical (unpaired) electrons. The van der Waals surface area contributed by atoms with Gasteiger partial charge in [0.2, 0.25) is 0 Å². The number of carbonyl (C=O) groups excluding carboxylic acids is 2. The molecule has 5 heterocycles. The minimum absolute atomic E-state index is 0.0617. The van der Waals surface area contributed by atoms with Crippen molar-refractivity contribution in [1.29, 1.82) is 0 Å². The Morgan fingerprint density at radius 1 is 1.00 bits per heavy atom. The van der Waals surface area contributed by atoms with E-state index in [0.717, 1.165) is 48.0 Å². The number of rotatable bonds is 6. The summed E-state index contributed by atoms with van der Waals surface area (Å²) in [5.74, 6) is 0.728. The van der Waals surface area contributed by atoms with Crippen LogP contribution in [0.15, 0.2) is 60.8 Å². The first-order valence-corrected chi connectivity index (χ1v) is 13.9. The van der Waals surface area contributed by atoms with Crippen LogP contribution in [0.1, 0.15) is 38.3 Å². The summed E-state index contributed by atoms with van der Waals surface area (Å²) in [7, 11) is 0. The number of fused-ring (bicyclic) bond motifs is 1. The minimum Gasteiger partial charge on any atom is -0.453 e. The zero-order chi connectivity index (χ0) is 28.5. The molecule has 0 aliphatic carbocycles. The number of aromatic nitrogens is 4. The first kappa shape index (κ1) is 26.7. The maximum absolute atomic E-state index is 14.0. The molecule has 0 bridgehead atoms. The molecular formula is C30H32FN7O3. The Labute approximate surface area is 237 Å². The molecule has 2 aliphatic heterocycles. The lowest BCUT2D eigenvalue weighted by Crippen LogP contribution is -2.51. The monoisotopic (exact) mass is 557 g/mol. The van der Waals surface area contributed by atoms with Gasteiger partial charge in [-0.2, -0.15) is 0 Å². The van der Waals surface area contributed by atoms with Crippen molar-refractivity contribution in [3.8, 4) is 11.4 Å². The molecule has 212 valence electrons. The summed E-state index contributed by atoms with van der Waals surface area (Å²) in [6, 6.07) is 16.6. The SMILES string of the molecule is CC(=O)OC(C)C(=O)N1CCN(c2cccc(-c3cnc4ccc(N5CCC[C@@H]5c5cccc(F)c5)nn34)n2)CC1. The van der Waals surface area contributed by atoms with Gasteiger partial charge in [-0.05, 0) is 61.7 Å². The van der Waals surface area contributed by atoms with E-state index in [0.29, 0.717) is 31.8 Å². The Morgan fingerprint density at radius 3 is 2.59 bits per heavy atom. The van der Waals surface area contributed by atoms with Gasteiger partial charge >= 0.3 is 5.97 Å². The molecule has 2 atom stereocenters. The Bertz CT molecular complexity index is 1580. The molecule has 0 N–H and O–H groups in total. The van der Waals surface area contributed by atoms with E-state index in [2.05, 4.69) is 14.8 Å². The van der Waals surface area contributed by atoms with E-state index in [1.54, 1.807) is 30.2 Å². The summed E-state index contributed by atoms with van der Waals surface area (Å²) in [4.78, 5) is 39.4. The van der Waals surface area contributed by atoms with E-state index in [-0.39, 0.29) is 17.8 Å². The number of esters is 1. The lowest BCUT2D eigenvalue weighted by Gasteiger charge is -2.36. The normalized spacial score (nSPS) is 18.1. The summed E-state index contributed by atoms with van der Waals surface area (Å²) in [6.45, 7) is 5.99. The van der Waals surface area contributed by atoms with Crippen molar-refractivity contribution in [2.24, 2.45) is 0 Å². The lowest BCUT2D eigenvalue weighted by atomic mass is 10.0. The predicted octanol–water partition coefficient (Wildman–Crippen LogP) is 3.87. The van der Waals surface area contributed by atoms with E-state index in [1.807, 2.05) is 40.9 Å². The maximum Gasteiger partial charge on any atom is 0.303 e. The second-order valence-electron chi connectivity index (χ2n) is 10.5. The number of carbonyl (C=O) groups is 2. The van der Waals surface area contributed by atoms with Crippen LogP contribution in [0.3, 0.4) is 0 Å². The minimum atomic E-state index is -0.794. The van der Waals surface area contributed by atoms with Crippen LogP contribution in [0.25, 0.3) is 17.0 Å². The standard InChI is InChI=1S/C30H32FN7O3/c1-20(41-21(2)39)30(40)36-16-14-35(15-17-36)28-10-4-8-24(33-28)26-19-32-27-11-12-29(34-38(26)27)37-13-5-9-25(37)22-6-3-7-23(31)18-22/h3-4,6-8,10-12,18-20,25H,5,9,13-17H2,1-2H3/t20?,25-/m1/s1. The van der Waals surface area contributed by atoms with Crippen LogP contribution < -0.4 is 9.80 Å². The summed E-state index contributed by atoms with van der Waals surface area (Å²) in [6.07, 6.45) is 2.92. The highest BCUT2D eigenvalue weighted by Gasteiger charge is 2.29. The van der Waals surface area contributed by atoms with Gasteiger partial charge in [-0.25, -0.2) is 18.9 Å². The number of nitrogens with zero attached hydrogens (tertiary/aromatic N) is 7. The number of benzene rings is 1. The maximum atomic E-state index is 14.0. The Kier molecular flexibility index (Phi) is 7.25. The number of halogens is 1. The first-order valence-electron chi connectivity index (χ1n) is 13.9. The molecule has 2 aliphatic rings. The Balaban J connectivity index is 1.21. The molecule has 0 spiro atoms. The number of hydrogen-bond donors (Lipinski definition) is 0. The fraction of sp³-hybridized carbons (Fsp3) is 0.367. The van der Waals surface area contributed by atoms with Crippen molar-refractivity contribution < 1.29 is 18.7 Å². The van der Waals surface area contributed by atoms with Gasteiger partial charge in [0, 0.05) is 39.6 Å². The van der Waals surface area contributed by atoms with Gasteiger partial charge in [0.1, 0.15) is 23.1 Å². The van der Waals surface area contributed by atoms with Crippen molar-refractivity contribution in [2.45, 2.75) is 38.8 Å². The van der Waals surface area contributed by atoms with Crippen molar-refractivity contribution >= 4 is 29.2 Å². The molecule has 2 saturated heterocycles. The van der Waals surface area contributed by atoms with Gasteiger partial charge in [0.05, 0.1) is 17.9 Å². The van der Waals surface area contributed by atoms with Gasteiger partial charge < -0.3 is 19.4 Å². The van der Waals surface area contributed by atoms with E-state index < -0.39 is 12.1 Å². The van der Waals surface area contributed by atoms with Crippen molar-refractivity contribution in [2.75, 3.05) is 42.5 Å². The van der Waals surface area contributed by atoms with E-state index in [4.69, 9.17) is 14.8 Å². The third-order valence-electron chi connectivity index (χ3n) is 7.73. The lowest BCUT2D eigenvalue weighted by molar-refractivity contribution is -0.157. The number of amides is 1. The molecule has 2 fully saturated rings. The number of piperazine rings is 1. The molecule has 1 unspecified atom stereocenters. The van der Waals surface area contributed by atoms with Crippen LogP contribution >= 0.6 is 0 Å². The Morgan fingerprint density at radius 2 is 1.80 bits per heavy atom. The van der Waals surface area contributed by atoms with Crippen LogP contribution in [0, 0.1) is 5.82 Å². The second-order valence-corrected chi connectivity index (χ2v) is 10.5. The smallest absolute Gasteiger partial charge is 0.303 e. The second kappa shape index (κ2) is 11.1. The number of anilines is 2. The van der Waals surface area contributed by atoms with Gasteiger partial charge in [-0.3, -0.25) is 9.59 Å².